The van der Waals surface area contributed by atoms with E-state index in [2.05, 4.69) is 66.7 Å². The molecular weight excluding hydrogens is 455 g/mol. The van der Waals surface area contributed by atoms with Gasteiger partial charge >= 0.3 is 0 Å². The molecule has 0 saturated heterocycles. The van der Waals surface area contributed by atoms with Gasteiger partial charge in [0.15, 0.2) is 7.14 Å². The Kier molecular flexibility index (Phi) is 4.94. The minimum Gasteiger partial charge on any atom is -0.309 e. The Morgan fingerprint density at radius 2 is 1.03 bits per heavy atom. The Labute approximate surface area is 211 Å². The van der Waals surface area contributed by atoms with Crippen LogP contribution in [0.3, 0.4) is 0 Å². The van der Waals surface area contributed by atoms with Gasteiger partial charge in [-0.2, -0.15) is 0 Å². The zero-order valence-electron chi connectivity index (χ0n) is 19.9. The van der Waals surface area contributed by atoms with Crippen LogP contribution in [0.5, 0.6) is 0 Å². The van der Waals surface area contributed by atoms with Crippen LogP contribution in [0.4, 0.5) is 0 Å². The van der Waals surface area contributed by atoms with Gasteiger partial charge in [-0.15, -0.1) is 0 Å². The highest BCUT2D eigenvalue weighted by molar-refractivity contribution is 7.85. The van der Waals surface area contributed by atoms with Gasteiger partial charge in [0.1, 0.15) is 0 Å². The van der Waals surface area contributed by atoms with Crippen LogP contribution >= 0.6 is 7.14 Å². The lowest BCUT2D eigenvalue weighted by Crippen LogP contribution is -2.26. The molecule has 7 rings (SSSR count). The molecule has 6 aromatic carbocycles. The maximum atomic E-state index is 15.5. The summed E-state index contributed by atoms with van der Waals surface area (Å²) in [6.07, 6.45) is 2.02. The van der Waals surface area contributed by atoms with Crippen molar-refractivity contribution < 1.29 is 4.57 Å². The zero-order chi connectivity index (χ0) is 24.1. The van der Waals surface area contributed by atoms with Crippen LogP contribution in [-0.4, -0.2) is 0 Å². The van der Waals surface area contributed by atoms with Gasteiger partial charge in [-0.3, -0.25) is 0 Å². The van der Waals surface area contributed by atoms with Crippen LogP contribution in [-0.2, 0) is 17.4 Å². The normalized spacial score (nSPS) is 12.9. The quantitative estimate of drug-likeness (QED) is 0.241. The maximum absolute atomic E-state index is 15.5. The molecule has 36 heavy (non-hydrogen) atoms. The van der Waals surface area contributed by atoms with Crippen molar-refractivity contribution >= 4 is 44.6 Å². The van der Waals surface area contributed by atoms with Crippen molar-refractivity contribution in [3.8, 4) is 11.1 Å². The maximum Gasteiger partial charge on any atom is 0.171 e. The van der Waals surface area contributed by atoms with Crippen molar-refractivity contribution in [2.45, 2.75) is 12.8 Å². The van der Waals surface area contributed by atoms with E-state index in [0.717, 1.165) is 39.5 Å². The van der Waals surface area contributed by atoms with E-state index in [1.165, 1.54) is 33.0 Å². The largest absolute Gasteiger partial charge is 0.309 e. The first-order valence-electron chi connectivity index (χ1n) is 12.5. The summed E-state index contributed by atoms with van der Waals surface area (Å²) in [6, 6.07) is 44.0. The molecule has 172 valence electrons. The third-order valence-corrected chi connectivity index (χ3v) is 10.7. The van der Waals surface area contributed by atoms with Crippen LogP contribution < -0.4 is 15.9 Å². The smallest absolute Gasteiger partial charge is 0.171 e. The van der Waals surface area contributed by atoms with E-state index < -0.39 is 7.14 Å². The average molecular weight is 481 g/mol. The zero-order valence-corrected chi connectivity index (χ0v) is 20.8. The van der Waals surface area contributed by atoms with Crippen LogP contribution in [0, 0.1) is 0 Å². The first-order valence-corrected chi connectivity index (χ1v) is 14.2. The highest BCUT2D eigenvalue weighted by Crippen LogP contribution is 2.49. The van der Waals surface area contributed by atoms with Crippen molar-refractivity contribution in [1.82, 2.24) is 0 Å². The third-order valence-electron chi connectivity index (χ3n) is 7.62. The lowest BCUT2D eigenvalue weighted by molar-refractivity contribution is 0.592. The molecule has 0 amide bonds. The van der Waals surface area contributed by atoms with E-state index in [1.807, 2.05) is 60.7 Å². The number of rotatable bonds is 3. The topological polar surface area (TPSA) is 17.1 Å². The van der Waals surface area contributed by atoms with Crippen molar-refractivity contribution in [3.63, 3.8) is 0 Å². The summed E-state index contributed by atoms with van der Waals surface area (Å²) >= 11 is 0. The van der Waals surface area contributed by atoms with Crippen molar-refractivity contribution in [2.75, 3.05) is 0 Å². The Morgan fingerprint density at radius 1 is 0.472 bits per heavy atom. The lowest BCUT2D eigenvalue weighted by Gasteiger charge is -2.27. The summed E-state index contributed by atoms with van der Waals surface area (Å²) < 4.78 is 15.5. The fraction of sp³-hybridized carbons (Fsp3) is 0.0588. The highest BCUT2D eigenvalue weighted by atomic mass is 31.2. The van der Waals surface area contributed by atoms with E-state index in [-0.39, 0.29) is 0 Å². The molecular formula is C34H25OP. The molecule has 6 aromatic rings. The fourth-order valence-corrected chi connectivity index (χ4v) is 8.84. The standard InChI is InChI=1S/C34H25OP/c35-36(28-12-3-1-4-13-28,29-14-5-2-6-15-29)31-17-9-11-25-20-22-27-23-21-26-19-18-24-10-7-8-16-30(24)32(26)34(27)33(25)31/h1-20,22H,21,23H2. The Hall–Kier alpha value is -3.93. The molecule has 0 saturated carbocycles. The molecule has 1 aliphatic carbocycles. The summed E-state index contributed by atoms with van der Waals surface area (Å²) in [5, 5.41) is 7.45. The van der Waals surface area contributed by atoms with Gasteiger partial charge in [-0.05, 0) is 51.3 Å². The van der Waals surface area contributed by atoms with Gasteiger partial charge in [0.05, 0.1) is 0 Å². The van der Waals surface area contributed by atoms with Crippen molar-refractivity contribution in [3.05, 3.63) is 139 Å². The second-order valence-electron chi connectivity index (χ2n) is 9.58. The molecule has 0 radical (unpaired) electrons. The molecule has 0 spiro atoms. The fourth-order valence-electron chi connectivity index (χ4n) is 5.95. The van der Waals surface area contributed by atoms with Crippen molar-refractivity contribution in [2.24, 2.45) is 0 Å². The minimum atomic E-state index is -3.14. The molecule has 0 atom stereocenters. The van der Waals surface area contributed by atoms with Crippen molar-refractivity contribution in [1.29, 1.82) is 0 Å². The Balaban J connectivity index is 1.65. The minimum absolute atomic E-state index is 0.871. The van der Waals surface area contributed by atoms with Gasteiger partial charge < -0.3 is 4.57 Å². The van der Waals surface area contributed by atoms with Gasteiger partial charge in [0.25, 0.3) is 0 Å². The predicted molar refractivity (Wildman–Crippen MR) is 154 cm³/mol. The first kappa shape index (κ1) is 21.4. The number of fused-ring (bicyclic) bond motifs is 7. The number of hydrogen-bond donors (Lipinski definition) is 0. The molecule has 0 unspecified atom stereocenters. The second-order valence-corrected chi connectivity index (χ2v) is 12.3. The van der Waals surface area contributed by atoms with E-state index >= 15 is 4.57 Å². The van der Waals surface area contributed by atoms with Crippen LogP contribution in [0.1, 0.15) is 11.1 Å². The summed E-state index contributed by atoms with van der Waals surface area (Å²) in [6.45, 7) is 0. The van der Waals surface area contributed by atoms with E-state index in [0.29, 0.717) is 0 Å². The monoisotopic (exact) mass is 480 g/mol. The first-order chi connectivity index (χ1) is 17.7. The van der Waals surface area contributed by atoms with Gasteiger partial charge in [0, 0.05) is 21.3 Å². The SMILES string of the molecule is O=P(c1ccccc1)(c1ccccc1)c1cccc2ccc3c(c12)-c1c(ccc2ccccc12)CC3. The molecule has 1 nitrogen and oxygen atoms in total. The third kappa shape index (κ3) is 3.13. The molecule has 0 N–H and O–H groups in total. The van der Waals surface area contributed by atoms with Gasteiger partial charge in [-0.1, -0.05) is 127 Å². The number of aryl methyl sites for hydroxylation is 2. The second kappa shape index (κ2) is 8.33. The summed E-state index contributed by atoms with van der Waals surface area (Å²) in [4.78, 5) is 0. The average Bonchev–Trinajstić information content (AvgIpc) is 2.96. The summed E-state index contributed by atoms with van der Waals surface area (Å²) in [7, 11) is -3.14. The predicted octanol–water partition coefficient (Wildman–Crippen LogP) is 7.40. The lowest BCUT2D eigenvalue weighted by atomic mass is 9.80. The molecule has 0 aromatic heterocycles. The number of hydrogen-bond acceptors (Lipinski definition) is 1. The number of benzene rings is 6. The molecule has 0 bridgehead atoms. The van der Waals surface area contributed by atoms with E-state index in [4.69, 9.17) is 0 Å². The Bertz CT molecular complexity index is 1760. The summed E-state index contributed by atoms with van der Waals surface area (Å²) in [5.74, 6) is 0. The molecule has 1 aliphatic rings. The molecule has 0 aliphatic heterocycles. The highest BCUT2D eigenvalue weighted by Gasteiger charge is 2.33. The van der Waals surface area contributed by atoms with Crippen LogP contribution in [0.25, 0.3) is 32.7 Å². The molecule has 0 fully saturated rings. The van der Waals surface area contributed by atoms with Crippen LogP contribution in [0.15, 0.2) is 127 Å². The molecule has 0 heterocycles. The summed E-state index contributed by atoms with van der Waals surface area (Å²) in [5.41, 5.74) is 5.28. The Morgan fingerprint density at radius 3 is 1.72 bits per heavy atom. The van der Waals surface area contributed by atoms with E-state index in [1.54, 1.807) is 0 Å². The van der Waals surface area contributed by atoms with Gasteiger partial charge in [0.2, 0.25) is 0 Å². The molecule has 2 heteroatoms. The van der Waals surface area contributed by atoms with E-state index in [9.17, 15) is 0 Å². The van der Waals surface area contributed by atoms with Crippen LogP contribution in [0.2, 0.25) is 0 Å². The van der Waals surface area contributed by atoms with Gasteiger partial charge in [-0.25, -0.2) is 0 Å².